The van der Waals surface area contributed by atoms with E-state index in [-0.39, 0.29) is 11.4 Å². The molecule has 0 radical (unpaired) electrons. The molecule has 3 heteroatoms. The first-order valence-corrected chi connectivity index (χ1v) is 23.3. The van der Waals surface area contributed by atoms with E-state index in [1.807, 2.05) is 0 Å². The molecule has 1 heterocycles. The number of hydrogen-bond donors (Lipinski definition) is 0. The van der Waals surface area contributed by atoms with Gasteiger partial charge in [0.25, 0.3) is 0 Å². The van der Waals surface area contributed by atoms with E-state index in [9.17, 15) is 4.79 Å². The summed E-state index contributed by atoms with van der Waals surface area (Å²) in [6, 6.07) is 0. The van der Waals surface area contributed by atoms with E-state index >= 15 is 0 Å². The molecule has 1 aliphatic heterocycles. The van der Waals surface area contributed by atoms with Gasteiger partial charge in [0.1, 0.15) is 0 Å². The molecule has 0 amide bonds. The highest BCUT2D eigenvalue weighted by Gasteiger charge is 2.44. The number of ether oxygens (including phenoxy) is 1. The average Bonchev–Trinajstić information content (AvgIpc) is 3.38. The molecule has 0 unspecified atom stereocenters. The second kappa shape index (κ2) is 35.9. The van der Waals surface area contributed by atoms with E-state index < -0.39 is 0 Å². The molecule has 1 aliphatic rings. The molecule has 1 rings (SSSR count). The highest BCUT2D eigenvalue weighted by atomic mass is 32.1. The van der Waals surface area contributed by atoms with Crippen molar-refractivity contribution in [2.75, 3.05) is 0 Å². The Morgan fingerprint density at radius 2 is 0.592 bits per heavy atom. The molecule has 0 atom stereocenters. The summed E-state index contributed by atoms with van der Waals surface area (Å²) < 4.78 is 5.45. The van der Waals surface area contributed by atoms with Crippen LogP contribution in [-0.4, -0.2) is 11.0 Å². The quantitative estimate of drug-likeness (QED) is 0.0361. The van der Waals surface area contributed by atoms with Gasteiger partial charge in [-0.05, 0) is 25.1 Å². The molecular weight excluding hydrogens is 617 g/mol. The molecule has 0 spiro atoms. The minimum atomic E-state index is -0.143. The number of cyclic esters (lactones) is 1. The Labute approximate surface area is 314 Å². The molecule has 0 bridgehead atoms. The SMILES string of the molecule is CCCCCCCCCCCCCCCCCCCCCC1(CCCCCCCCCCCCCCCCCCCCC)CC(=O)OC1=S. The molecular formula is C46H88O2S. The monoisotopic (exact) mass is 705 g/mol. The van der Waals surface area contributed by atoms with Crippen LogP contribution in [0, 0.1) is 5.41 Å². The maximum Gasteiger partial charge on any atom is 0.312 e. The Kier molecular flexibility index (Phi) is 34.2. The third kappa shape index (κ3) is 28.8. The third-order valence-corrected chi connectivity index (χ3v) is 12.2. The van der Waals surface area contributed by atoms with Gasteiger partial charge in [-0.2, -0.15) is 0 Å². The zero-order valence-corrected chi connectivity index (χ0v) is 34.5. The summed E-state index contributed by atoms with van der Waals surface area (Å²) in [4.78, 5) is 12.2. The number of unbranched alkanes of at least 4 members (excludes halogenated alkanes) is 36. The Hall–Kier alpha value is -0.440. The number of hydrogen-bond acceptors (Lipinski definition) is 3. The van der Waals surface area contributed by atoms with Crippen molar-refractivity contribution in [1.82, 2.24) is 0 Å². The van der Waals surface area contributed by atoms with Gasteiger partial charge in [-0.1, -0.05) is 258 Å². The van der Waals surface area contributed by atoms with Crippen LogP contribution in [0.4, 0.5) is 0 Å². The van der Waals surface area contributed by atoms with E-state index in [0.29, 0.717) is 11.5 Å². The van der Waals surface area contributed by atoms with Crippen molar-refractivity contribution in [3.63, 3.8) is 0 Å². The van der Waals surface area contributed by atoms with Gasteiger partial charge in [-0.25, -0.2) is 0 Å². The number of esters is 1. The molecule has 0 saturated carbocycles. The Morgan fingerprint density at radius 1 is 0.388 bits per heavy atom. The largest absolute Gasteiger partial charge is 0.419 e. The highest BCUT2D eigenvalue weighted by Crippen LogP contribution is 2.42. The van der Waals surface area contributed by atoms with Gasteiger partial charge >= 0.3 is 5.97 Å². The van der Waals surface area contributed by atoms with Crippen LogP contribution in [0.3, 0.4) is 0 Å². The predicted octanol–water partition coefficient (Wildman–Crippen LogP) is 16.9. The Morgan fingerprint density at radius 3 is 0.776 bits per heavy atom. The predicted molar refractivity (Wildman–Crippen MR) is 222 cm³/mol. The fourth-order valence-electron chi connectivity index (χ4n) is 8.19. The maximum absolute atomic E-state index is 12.2. The van der Waals surface area contributed by atoms with E-state index in [0.717, 1.165) is 12.8 Å². The molecule has 0 aromatic heterocycles. The topological polar surface area (TPSA) is 26.3 Å². The smallest absolute Gasteiger partial charge is 0.312 e. The first kappa shape index (κ1) is 46.6. The van der Waals surface area contributed by atoms with Gasteiger partial charge in [-0.3, -0.25) is 4.79 Å². The molecule has 1 saturated heterocycles. The lowest BCUT2D eigenvalue weighted by atomic mass is 9.77. The highest BCUT2D eigenvalue weighted by molar-refractivity contribution is 7.80. The van der Waals surface area contributed by atoms with Crippen molar-refractivity contribution in [3.05, 3.63) is 0 Å². The van der Waals surface area contributed by atoms with Crippen LogP contribution in [0.25, 0.3) is 0 Å². The molecule has 0 N–H and O–H groups in total. The molecule has 290 valence electrons. The zero-order chi connectivity index (χ0) is 35.4. The lowest BCUT2D eigenvalue weighted by molar-refractivity contribution is -0.133. The summed E-state index contributed by atoms with van der Waals surface area (Å²) in [6.07, 6.45) is 56.0. The van der Waals surface area contributed by atoms with E-state index in [1.54, 1.807) is 0 Å². The normalized spacial score (nSPS) is 14.2. The van der Waals surface area contributed by atoms with Crippen LogP contribution in [0.2, 0.25) is 0 Å². The molecule has 0 aliphatic carbocycles. The first-order chi connectivity index (χ1) is 24.1. The van der Waals surface area contributed by atoms with Crippen LogP contribution >= 0.6 is 12.2 Å². The van der Waals surface area contributed by atoms with Crippen molar-refractivity contribution in [1.29, 1.82) is 0 Å². The van der Waals surface area contributed by atoms with Crippen LogP contribution in [0.15, 0.2) is 0 Å². The number of carbonyl (C=O) groups excluding carboxylic acids is 1. The van der Waals surface area contributed by atoms with Crippen molar-refractivity contribution in [2.24, 2.45) is 5.41 Å². The van der Waals surface area contributed by atoms with E-state index in [4.69, 9.17) is 17.0 Å². The summed E-state index contributed by atoms with van der Waals surface area (Å²) in [5.41, 5.74) is -0.143. The molecule has 0 aromatic rings. The molecule has 49 heavy (non-hydrogen) atoms. The van der Waals surface area contributed by atoms with Gasteiger partial charge in [0.05, 0.1) is 6.42 Å². The zero-order valence-electron chi connectivity index (χ0n) is 33.7. The fourth-order valence-corrected chi connectivity index (χ4v) is 8.55. The minimum absolute atomic E-state index is 0.0828. The van der Waals surface area contributed by atoms with Gasteiger partial charge < -0.3 is 4.74 Å². The third-order valence-electron chi connectivity index (χ3n) is 11.6. The standard InChI is InChI=1S/C46H88O2S/c1-3-5-7-9-11-13-15-17-19-21-23-25-27-29-31-33-35-37-39-41-46(43-44(47)48-45(46)49)42-40-38-36-34-32-30-28-26-24-22-20-18-16-14-12-10-8-6-4-2/h3-43H2,1-2H3. The minimum Gasteiger partial charge on any atom is -0.419 e. The lowest BCUT2D eigenvalue weighted by Crippen LogP contribution is -2.25. The van der Waals surface area contributed by atoms with E-state index in [2.05, 4.69) is 13.8 Å². The Bertz CT molecular complexity index is 676. The Balaban J connectivity index is 1.92. The summed E-state index contributed by atoms with van der Waals surface area (Å²) in [6.45, 7) is 4.60. The molecule has 1 fully saturated rings. The summed E-state index contributed by atoms with van der Waals surface area (Å²) in [7, 11) is 0. The van der Waals surface area contributed by atoms with Crippen LogP contribution < -0.4 is 0 Å². The maximum atomic E-state index is 12.2. The molecule has 0 aromatic carbocycles. The second-order valence-electron chi connectivity index (χ2n) is 16.4. The van der Waals surface area contributed by atoms with Gasteiger partial charge in [-0.15, -0.1) is 0 Å². The van der Waals surface area contributed by atoms with Gasteiger partial charge in [0, 0.05) is 5.41 Å². The van der Waals surface area contributed by atoms with Crippen molar-refractivity contribution < 1.29 is 9.53 Å². The van der Waals surface area contributed by atoms with Gasteiger partial charge in [0.2, 0.25) is 0 Å². The fraction of sp³-hybridized carbons (Fsp3) is 0.957. The number of carbonyl (C=O) groups is 1. The summed E-state index contributed by atoms with van der Waals surface area (Å²) >= 11 is 5.63. The first-order valence-electron chi connectivity index (χ1n) is 22.9. The second-order valence-corrected chi connectivity index (χ2v) is 16.8. The number of rotatable bonds is 40. The number of thiocarbonyl (C=S) groups is 1. The van der Waals surface area contributed by atoms with Crippen molar-refractivity contribution in [3.8, 4) is 0 Å². The van der Waals surface area contributed by atoms with Crippen LogP contribution in [-0.2, 0) is 9.53 Å². The van der Waals surface area contributed by atoms with Crippen LogP contribution in [0.5, 0.6) is 0 Å². The van der Waals surface area contributed by atoms with Crippen molar-refractivity contribution >= 4 is 23.2 Å². The molecule has 2 nitrogen and oxygen atoms in total. The average molecular weight is 705 g/mol. The lowest BCUT2D eigenvalue weighted by Gasteiger charge is -2.26. The van der Waals surface area contributed by atoms with Crippen molar-refractivity contribution in [2.45, 2.75) is 277 Å². The van der Waals surface area contributed by atoms with Crippen LogP contribution in [0.1, 0.15) is 277 Å². The van der Waals surface area contributed by atoms with E-state index in [1.165, 1.54) is 244 Å². The summed E-state index contributed by atoms with van der Waals surface area (Å²) in [5.74, 6) is -0.0828. The summed E-state index contributed by atoms with van der Waals surface area (Å²) in [5, 5.41) is 0.613. The van der Waals surface area contributed by atoms with Gasteiger partial charge in [0.15, 0.2) is 5.05 Å².